The van der Waals surface area contributed by atoms with Crippen LogP contribution in [-0.4, -0.2) is 41.5 Å². The molecule has 178 valence electrons. The Labute approximate surface area is 212 Å². The number of aliphatic hydroxyl groups is 1. The molecule has 0 spiro atoms. The van der Waals surface area contributed by atoms with Gasteiger partial charge >= 0.3 is 0 Å². The molecule has 8 heteroatoms. The van der Waals surface area contributed by atoms with Gasteiger partial charge in [-0.25, -0.2) is 0 Å². The Morgan fingerprint density at radius 2 is 1.66 bits per heavy atom. The molecule has 0 aromatic heterocycles. The van der Waals surface area contributed by atoms with E-state index in [4.69, 9.17) is 32.7 Å². The number of Topliss-reactive ketones (excluding diaryl/α,β-unsaturated/α-hetero) is 1. The van der Waals surface area contributed by atoms with Gasteiger partial charge in [0.1, 0.15) is 19.0 Å². The average molecular weight is 510 g/mol. The number of rotatable bonds is 5. The summed E-state index contributed by atoms with van der Waals surface area (Å²) < 4.78 is 11.2. The van der Waals surface area contributed by atoms with Crippen LogP contribution >= 0.6 is 23.2 Å². The molecule has 0 saturated carbocycles. The minimum atomic E-state index is -0.832. The number of carbonyl (C=O) groups is 2. The number of likely N-dealkylation sites (tertiary alicyclic amines) is 1. The molecule has 3 aromatic carbocycles. The van der Waals surface area contributed by atoms with Crippen LogP contribution in [0.2, 0.25) is 10.0 Å². The number of hydrogen-bond donors (Lipinski definition) is 1. The lowest BCUT2D eigenvalue weighted by atomic mass is 9.95. The molecule has 0 radical (unpaired) electrons. The Morgan fingerprint density at radius 3 is 2.40 bits per heavy atom. The Balaban J connectivity index is 1.59. The third-order valence-corrected chi connectivity index (χ3v) is 6.84. The standard InChI is InChI=1S/C27H21Cl2NO5/c28-19-8-6-17(14-20(19)29)24-23(25(31)18-7-9-21-22(15-18)35-13-12-34-21)26(32)27(33)30(24)11-10-16-4-2-1-3-5-16/h1-9,14-15,24,31H,10-13H2/b25-23+/t24-/m0/s1. The molecule has 2 heterocycles. The van der Waals surface area contributed by atoms with Crippen LogP contribution in [0.5, 0.6) is 11.5 Å². The molecule has 6 nitrogen and oxygen atoms in total. The van der Waals surface area contributed by atoms with Crippen LogP contribution < -0.4 is 9.47 Å². The average Bonchev–Trinajstić information content (AvgIpc) is 3.14. The molecule has 2 aliphatic heterocycles. The molecule has 0 bridgehead atoms. The maximum atomic E-state index is 13.2. The highest BCUT2D eigenvalue weighted by molar-refractivity contribution is 6.46. The third-order valence-electron chi connectivity index (χ3n) is 6.10. The van der Waals surface area contributed by atoms with Gasteiger partial charge in [-0.2, -0.15) is 0 Å². The molecule has 2 aliphatic rings. The van der Waals surface area contributed by atoms with E-state index in [2.05, 4.69) is 0 Å². The summed E-state index contributed by atoms with van der Waals surface area (Å²) in [6.45, 7) is 1.09. The second-order valence-electron chi connectivity index (χ2n) is 8.26. The summed E-state index contributed by atoms with van der Waals surface area (Å²) in [5.74, 6) is -0.724. The topological polar surface area (TPSA) is 76.1 Å². The highest BCUT2D eigenvalue weighted by atomic mass is 35.5. The van der Waals surface area contributed by atoms with Gasteiger partial charge < -0.3 is 19.5 Å². The smallest absolute Gasteiger partial charge is 0.295 e. The van der Waals surface area contributed by atoms with Crippen molar-refractivity contribution in [3.8, 4) is 11.5 Å². The first kappa shape index (κ1) is 23.3. The van der Waals surface area contributed by atoms with Gasteiger partial charge in [-0.05, 0) is 47.9 Å². The third kappa shape index (κ3) is 4.47. The van der Waals surface area contributed by atoms with Crippen LogP contribution in [0, 0.1) is 0 Å². The second-order valence-corrected chi connectivity index (χ2v) is 9.07. The van der Waals surface area contributed by atoms with Crippen LogP contribution in [0.1, 0.15) is 22.7 Å². The largest absolute Gasteiger partial charge is 0.507 e. The van der Waals surface area contributed by atoms with Crippen molar-refractivity contribution < 1.29 is 24.2 Å². The zero-order chi connectivity index (χ0) is 24.5. The van der Waals surface area contributed by atoms with Crippen LogP contribution in [0.25, 0.3) is 5.76 Å². The van der Waals surface area contributed by atoms with Crippen LogP contribution in [0.4, 0.5) is 0 Å². The minimum Gasteiger partial charge on any atom is -0.507 e. The molecule has 1 saturated heterocycles. The first-order valence-electron chi connectivity index (χ1n) is 11.1. The number of ketones is 1. The fourth-order valence-electron chi connectivity index (χ4n) is 4.38. The van der Waals surface area contributed by atoms with Crippen LogP contribution in [-0.2, 0) is 16.0 Å². The van der Waals surface area contributed by atoms with Crippen LogP contribution in [0.3, 0.4) is 0 Å². The number of hydrogen-bond acceptors (Lipinski definition) is 5. The van der Waals surface area contributed by atoms with E-state index in [0.29, 0.717) is 47.3 Å². The number of benzene rings is 3. The zero-order valence-electron chi connectivity index (χ0n) is 18.5. The van der Waals surface area contributed by atoms with Gasteiger partial charge in [0.2, 0.25) is 0 Å². The minimum absolute atomic E-state index is 0.0156. The van der Waals surface area contributed by atoms with Gasteiger partial charge in [-0.1, -0.05) is 59.6 Å². The SMILES string of the molecule is O=C1C(=O)N(CCc2ccccc2)[C@@H](c2ccc(Cl)c(Cl)c2)/C1=C(\O)c1ccc2c(c1)OCCO2. The van der Waals surface area contributed by atoms with E-state index < -0.39 is 17.7 Å². The van der Waals surface area contributed by atoms with Crippen molar-refractivity contribution >= 4 is 40.7 Å². The lowest BCUT2D eigenvalue weighted by molar-refractivity contribution is -0.139. The van der Waals surface area contributed by atoms with Gasteiger partial charge in [0, 0.05) is 12.1 Å². The van der Waals surface area contributed by atoms with E-state index in [1.165, 1.54) is 4.90 Å². The van der Waals surface area contributed by atoms with E-state index >= 15 is 0 Å². The molecule has 0 aliphatic carbocycles. The zero-order valence-corrected chi connectivity index (χ0v) is 20.1. The van der Waals surface area contributed by atoms with Crippen molar-refractivity contribution in [2.24, 2.45) is 0 Å². The van der Waals surface area contributed by atoms with Gasteiger partial charge in [0.05, 0.1) is 21.7 Å². The maximum Gasteiger partial charge on any atom is 0.295 e. The predicted octanol–water partition coefficient (Wildman–Crippen LogP) is 5.43. The number of ether oxygens (including phenoxy) is 2. The van der Waals surface area contributed by atoms with E-state index in [1.807, 2.05) is 30.3 Å². The second kappa shape index (κ2) is 9.64. The van der Waals surface area contributed by atoms with Crippen molar-refractivity contribution in [3.05, 3.63) is 99.0 Å². The first-order valence-corrected chi connectivity index (χ1v) is 11.9. The van der Waals surface area contributed by atoms with Gasteiger partial charge in [0.15, 0.2) is 11.5 Å². The molecule has 1 amide bonds. The van der Waals surface area contributed by atoms with E-state index in [9.17, 15) is 14.7 Å². The molecule has 1 fully saturated rings. The lowest BCUT2D eigenvalue weighted by Gasteiger charge is -2.26. The molecule has 3 aromatic rings. The van der Waals surface area contributed by atoms with Crippen molar-refractivity contribution in [3.63, 3.8) is 0 Å². The summed E-state index contributed by atoms with van der Waals surface area (Å²) in [7, 11) is 0. The van der Waals surface area contributed by atoms with Gasteiger partial charge in [-0.15, -0.1) is 0 Å². The number of carbonyl (C=O) groups excluding carboxylic acids is 2. The van der Waals surface area contributed by atoms with E-state index in [0.717, 1.165) is 5.56 Å². The summed E-state index contributed by atoms with van der Waals surface area (Å²) in [6.07, 6.45) is 0.537. The number of aliphatic hydroxyl groups excluding tert-OH is 1. The highest BCUT2D eigenvalue weighted by Gasteiger charge is 2.46. The monoisotopic (exact) mass is 509 g/mol. The quantitative estimate of drug-likeness (QED) is 0.282. The fourth-order valence-corrected chi connectivity index (χ4v) is 4.69. The summed E-state index contributed by atoms with van der Waals surface area (Å²) in [6, 6.07) is 18.7. The summed E-state index contributed by atoms with van der Waals surface area (Å²) >= 11 is 12.4. The van der Waals surface area contributed by atoms with E-state index in [1.54, 1.807) is 36.4 Å². The number of nitrogens with zero attached hydrogens (tertiary/aromatic N) is 1. The Bertz CT molecular complexity index is 1340. The predicted molar refractivity (Wildman–Crippen MR) is 133 cm³/mol. The molecule has 0 unspecified atom stereocenters. The maximum absolute atomic E-state index is 13.2. The molecular weight excluding hydrogens is 489 g/mol. The van der Waals surface area contributed by atoms with Gasteiger partial charge in [0.25, 0.3) is 11.7 Å². The Kier molecular flexibility index (Phi) is 6.41. The number of fused-ring (bicyclic) bond motifs is 1. The van der Waals surface area contributed by atoms with Crippen molar-refractivity contribution in [1.82, 2.24) is 4.90 Å². The number of halogens is 2. The molecule has 5 rings (SSSR count). The lowest BCUT2D eigenvalue weighted by Crippen LogP contribution is -2.31. The molecule has 1 N–H and O–H groups in total. The molecule has 1 atom stereocenters. The normalized spacial score (nSPS) is 18.7. The van der Waals surface area contributed by atoms with Crippen molar-refractivity contribution in [1.29, 1.82) is 0 Å². The van der Waals surface area contributed by atoms with Gasteiger partial charge in [-0.3, -0.25) is 9.59 Å². The first-order chi connectivity index (χ1) is 16.9. The van der Waals surface area contributed by atoms with E-state index in [-0.39, 0.29) is 22.9 Å². The Morgan fingerprint density at radius 1 is 0.914 bits per heavy atom. The number of amides is 1. The van der Waals surface area contributed by atoms with Crippen molar-refractivity contribution in [2.45, 2.75) is 12.5 Å². The summed E-state index contributed by atoms with van der Waals surface area (Å²) in [5.41, 5.74) is 1.93. The molecular formula is C27H21Cl2NO5. The summed E-state index contributed by atoms with van der Waals surface area (Å²) in [5, 5.41) is 11.9. The Hall–Kier alpha value is -3.48. The molecule has 35 heavy (non-hydrogen) atoms. The van der Waals surface area contributed by atoms with Crippen LogP contribution in [0.15, 0.2) is 72.3 Å². The summed E-state index contributed by atoms with van der Waals surface area (Å²) in [4.78, 5) is 27.9. The fraction of sp³-hybridized carbons (Fsp3) is 0.185. The highest BCUT2D eigenvalue weighted by Crippen LogP contribution is 2.42. The van der Waals surface area contributed by atoms with Crippen molar-refractivity contribution in [2.75, 3.05) is 19.8 Å².